The zero-order valence-corrected chi connectivity index (χ0v) is 14.1. The predicted octanol–water partition coefficient (Wildman–Crippen LogP) is 5.02. The van der Waals surface area contributed by atoms with Crippen molar-refractivity contribution < 1.29 is 0 Å². The van der Waals surface area contributed by atoms with Crippen LogP contribution in [0, 0.1) is 11.8 Å². The lowest BCUT2D eigenvalue weighted by molar-refractivity contribution is 0.439. The summed E-state index contributed by atoms with van der Waals surface area (Å²) in [5.74, 6) is 3.42. The van der Waals surface area contributed by atoms with Crippen molar-refractivity contribution in [2.24, 2.45) is 11.8 Å². The Bertz CT molecular complexity index is 608. The second kappa shape index (κ2) is 6.07. The first-order valence-electron chi connectivity index (χ1n) is 7.38. The fraction of sp³-hybridized carbons (Fsp3) is 0.562. The lowest BCUT2D eigenvalue weighted by Crippen LogP contribution is -2.11. The number of aryl methyl sites for hydroxylation is 1. The van der Waals surface area contributed by atoms with E-state index in [1.807, 2.05) is 0 Å². The number of hydrogen-bond acceptors (Lipinski definition) is 1. The molecule has 0 radical (unpaired) electrons. The summed E-state index contributed by atoms with van der Waals surface area (Å²) in [7, 11) is 0. The van der Waals surface area contributed by atoms with E-state index in [2.05, 4.69) is 45.6 Å². The van der Waals surface area contributed by atoms with E-state index in [0.717, 1.165) is 40.6 Å². The van der Waals surface area contributed by atoms with Crippen molar-refractivity contribution in [3.05, 3.63) is 28.5 Å². The van der Waals surface area contributed by atoms with Crippen molar-refractivity contribution in [3.63, 3.8) is 0 Å². The topological polar surface area (TPSA) is 17.8 Å². The molecule has 0 saturated heterocycles. The Labute approximate surface area is 133 Å². The summed E-state index contributed by atoms with van der Waals surface area (Å²) in [6.45, 7) is 3.45. The highest BCUT2D eigenvalue weighted by Gasteiger charge is 2.23. The fourth-order valence-corrected chi connectivity index (χ4v) is 3.89. The van der Waals surface area contributed by atoms with Crippen LogP contribution in [0.5, 0.6) is 0 Å². The summed E-state index contributed by atoms with van der Waals surface area (Å²) >= 11 is 9.51. The molecule has 0 spiro atoms. The molecule has 1 aliphatic carbocycles. The van der Waals surface area contributed by atoms with Crippen LogP contribution in [0.2, 0.25) is 0 Å². The Hall–Kier alpha value is -0.540. The van der Waals surface area contributed by atoms with Crippen LogP contribution in [0.1, 0.15) is 32.0 Å². The molecule has 1 aliphatic rings. The van der Waals surface area contributed by atoms with Gasteiger partial charge in [0, 0.05) is 23.3 Å². The molecule has 0 amide bonds. The van der Waals surface area contributed by atoms with Crippen LogP contribution in [-0.2, 0) is 13.0 Å². The first-order valence-corrected chi connectivity index (χ1v) is 8.70. The average molecular weight is 356 g/mol. The van der Waals surface area contributed by atoms with E-state index in [4.69, 9.17) is 16.6 Å². The Morgan fingerprint density at radius 3 is 2.95 bits per heavy atom. The van der Waals surface area contributed by atoms with Gasteiger partial charge in [-0.05, 0) is 42.9 Å². The number of hydrogen-bond donors (Lipinski definition) is 0. The molecule has 2 aromatic rings. The largest absolute Gasteiger partial charge is 0.328 e. The SMILES string of the molecule is CC1CCC(Cn2c(CCCl)nc3ccc(Br)cc32)C1. The molecule has 20 heavy (non-hydrogen) atoms. The van der Waals surface area contributed by atoms with E-state index in [-0.39, 0.29) is 0 Å². The summed E-state index contributed by atoms with van der Waals surface area (Å²) in [5.41, 5.74) is 2.32. The normalized spacial score (nSPS) is 22.8. The molecule has 1 aromatic heterocycles. The maximum absolute atomic E-state index is 5.94. The van der Waals surface area contributed by atoms with Gasteiger partial charge in [0.15, 0.2) is 0 Å². The van der Waals surface area contributed by atoms with Gasteiger partial charge in [0.1, 0.15) is 5.82 Å². The van der Waals surface area contributed by atoms with E-state index < -0.39 is 0 Å². The Kier molecular flexibility index (Phi) is 4.37. The number of alkyl halides is 1. The van der Waals surface area contributed by atoms with E-state index >= 15 is 0 Å². The molecule has 2 nitrogen and oxygen atoms in total. The third-order valence-electron chi connectivity index (χ3n) is 4.35. The van der Waals surface area contributed by atoms with Crippen LogP contribution in [0.15, 0.2) is 22.7 Å². The van der Waals surface area contributed by atoms with Gasteiger partial charge >= 0.3 is 0 Å². The van der Waals surface area contributed by atoms with Crippen LogP contribution in [-0.4, -0.2) is 15.4 Å². The van der Waals surface area contributed by atoms with Crippen molar-refractivity contribution >= 4 is 38.6 Å². The number of rotatable bonds is 4. The first kappa shape index (κ1) is 14.4. The quantitative estimate of drug-likeness (QED) is 0.704. The number of benzene rings is 1. The highest BCUT2D eigenvalue weighted by molar-refractivity contribution is 9.10. The smallest absolute Gasteiger partial charge is 0.111 e. The summed E-state index contributed by atoms with van der Waals surface area (Å²) in [4.78, 5) is 4.76. The predicted molar refractivity (Wildman–Crippen MR) is 88.4 cm³/mol. The number of nitrogens with zero attached hydrogens (tertiary/aromatic N) is 2. The van der Waals surface area contributed by atoms with Gasteiger partial charge in [-0.25, -0.2) is 4.98 Å². The zero-order valence-electron chi connectivity index (χ0n) is 11.8. The maximum Gasteiger partial charge on any atom is 0.111 e. The zero-order chi connectivity index (χ0) is 14.1. The molecular weight excluding hydrogens is 336 g/mol. The van der Waals surface area contributed by atoms with Gasteiger partial charge < -0.3 is 4.57 Å². The maximum atomic E-state index is 5.94. The second-order valence-electron chi connectivity index (χ2n) is 5.99. The highest BCUT2D eigenvalue weighted by Crippen LogP contribution is 2.33. The average Bonchev–Trinajstić information content (AvgIpc) is 2.96. The van der Waals surface area contributed by atoms with Crippen molar-refractivity contribution in [2.75, 3.05) is 5.88 Å². The van der Waals surface area contributed by atoms with Crippen LogP contribution in [0.4, 0.5) is 0 Å². The molecule has 108 valence electrons. The summed E-state index contributed by atoms with van der Waals surface area (Å²) < 4.78 is 3.51. The van der Waals surface area contributed by atoms with E-state index in [1.165, 1.54) is 24.8 Å². The number of halogens is 2. The fourth-order valence-electron chi connectivity index (χ4n) is 3.37. The van der Waals surface area contributed by atoms with Crippen molar-refractivity contribution in [3.8, 4) is 0 Å². The lowest BCUT2D eigenvalue weighted by Gasteiger charge is -2.14. The van der Waals surface area contributed by atoms with Crippen LogP contribution < -0.4 is 0 Å². The van der Waals surface area contributed by atoms with Crippen LogP contribution in [0.25, 0.3) is 11.0 Å². The van der Waals surface area contributed by atoms with Crippen molar-refractivity contribution in [1.82, 2.24) is 9.55 Å². The molecule has 1 saturated carbocycles. The molecule has 0 bridgehead atoms. The number of aromatic nitrogens is 2. The molecule has 3 rings (SSSR count). The Balaban J connectivity index is 1.97. The van der Waals surface area contributed by atoms with Crippen molar-refractivity contribution in [1.29, 1.82) is 0 Å². The minimum absolute atomic E-state index is 0.631. The third-order valence-corrected chi connectivity index (χ3v) is 5.03. The molecule has 2 unspecified atom stereocenters. The first-order chi connectivity index (χ1) is 9.67. The molecule has 1 aromatic carbocycles. The summed E-state index contributed by atoms with van der Waals surface area (Å²) in [6.07, 6.45) is 4.89. The minimum atomic E-state index is 0.631. The molecule has 4 heteroatoms. The van der Waals surface area contributed by atoms with Gasteiger partial charge in [-0.3, -0.25) is 0 Å². The van der Waals surface area contributed by atoms with Crippen LogP contribution in [0.3, 0.4) is 0 Å². The van der Waals surface area contributed by atoms with Crippen LogP contribution >= 0.6 is 27.5 Å². The van der Waals surface area contributed by atoms with Crippen molar-refractivity contribution in [2.45, 2.75) is 39.2 Å². The molecule has 0 N–H and O–H groups in total. The number of fused-ring (bicyclic) bond motifs is 1. The van der Waals surface area contributed by atoms with Gasteiger partial charge in [-0.2, -0.15) is 0 Å². The second-order valence-corrected chi connectivity index (χ2v) is 7.29. The molecule has 0 aliphatic heterocycles. The Morgan fingerprint density at radius 1 is 1.40 bits per heavy atom. The highest BCUT2D eigenvalue weighted by atomic mass is 79.9. The van der Waals surface area contributed by atoms with E-state index in [9.17, 15) is 0 Å². The molecular formula is C16H20BrClN2. The molecule has 2 atom stereocenters. The van der Waals surface area contributed by atoms with Gasteiger partial charge in [-0.1, -0.05) is 29.3 Å². The van der Waals surface area contributed by atoms with Gasteiger partial charge in [-0.15, -0.1) is 11.6 Å². The minimum Gasteiger partial charge on any atom is -0.328 e. The summed E-state index contributed by atoms with van der Waals surface area (Å²) in [5, 5.41) is 0. The van der Waals surface area contributed by atoms with E-state index in [1.54, 1.807) is 0 Å². The van der Waals surface area contributed by atoms with Gasteiger partial charge in [0.25, 0.3) is 0 Å². The lowest BCUT2D eigenvalue weighted by atomic mass is 10.1. The van der Waals surface area contributed by atoms with Gasteiger partial charge in [0.2, 0.25) is 0 Å². The monoisotopic (exact) mass is 354 g/mol. The van der Waals surface area contributed by atoms with Gasteiger partial charge in [0.05, 0.1) is 11.0 Å². The standard InChI is InChI=1S/C16H20BrClN2/c1-11-2-3-12(8-11)10-20-15-9-13(17)4-5-14(15)19-16(20)6-7-18/h4-5,9,11-12H,2-3,6-8,10H2,1H3. The Morgan fingerprint density at radius 2 is 2.25 bits per heavy atom. The molecule has 1 heterocycles. The summed E-state index contributed by atoms with van der Waals surface area (Å²) in [6, 6.07) is 6.32. The van der Waals surface area contributed by atoms with E-state index in [0.29, 0.717) is 5.88 Å². The molecule has 1 fully saturated rings. The third kappa shape index (κ3) is 2.89. The number of imidazole rings is 1.